The van der Waals surface area contributed by atoms with Gasteiger partial charge >= 0.3 is 6.03 Å². The van der Waals surface area contributed by atoms with Gasteiger partial charge in [0, 0.05) is 23.7 Å². The SMILES string of the molecule is O=C(CC[C@@H]1NC(=O)NC1=O)Nc1cccc(C(=O)NC2CC2)c1. The van der Waals surface area contributed by atoms with Crippen LogP contribution in [-0.4, -0.2) is 35.8 Å². The first kappa shape index (κ1) is 16.0. The molecular weight excluding hydrogens is 312 g/mol. The molecule has 1 aromatic rings. The molecule has 1 aliphatic heterocycles. The summed E-state index contributed by atoms with van der Waals surface area (Å²) >= 11 is 0. The fraction of sp³-hybridized carbons (Fsp3) is 0.375. The highest BCUT2D eigenvalue weighted by molar-refractivity contribution is 6.04. The zero-order valence-corrected chi connectivity index (χ0v) is 12.9. The Morgan fingerprint density at radius 2 is 2.00 bits per heavy atom. The predicted octanol–water partition coefficient (Wildman–Crippen LogP) is 0.505. The van der Waals surface area contributed by atoms with Gasteiger partial charge in [0.15, 0.2) is 0 Å². The Morgan fingerprint density at radius 3 is 2.67 bits per heavy atom. The topological polar surface area (TPSA) is 116 Å². The molecule has 126 valence electrons. The number of anilines is 1. The van der Waals surface area contributed by atoms with Crippen LogP contribution in [0.1, 0.15) is 36.0 Å². The van der Waals surface area contributed by atoms with E-state index in [9.17, 15) is 19.2 Å². The van der Waals surface area contributed by atoms with E-state index in [2.05, 4.69) is 21.3 Å². The first-order valence-corrected chi connectivity index (χ1v) is 7.83. The third-order valence-electron chi connectivity index (χ3n) is 3.84. The standard InChI is InChI=1S/C16H18N4O4/c21-13(7-6-12-15(23)20-16(24)19-12)17-11-3-1-2-9(8-11)14(22)18-10-4-5-10/h1-3,8,10,12H,4-7H2,(H,17,21)(H,18,22)(H2,19,20,23,24)/t12-/m0/s1. The highest BCUT2D eigenvalue weighted by Gasteiger charge is 2.29. The van der Waals surface area contributed by atoms with Crippen molar-refractivity contribution in [2.24, 2.45) is 0 Å². The van der Waals surface area contributed by atoms with Crippen molar-refractivity contribution in [3.8, 4) is 0 Å². The fourth-order valence-corrected chi connectivity index (χ4v) is 2.40. The lowest BCUT2D eigenvalue weighted by molar-refractivity contribution is -0.120. The van der Waals surface area contributed by atoms with E-state index in [1.807, 2.05) is 0 Å². The third kappa shape index (κ3) is 4.09. The minimum absolute atomic E-state index is 0.0802. The van der Waals surface area contributed by atoms with Crippen LogP contribution in [0.3, 0.4) is 0 Å². The number of carbonyl (C=O) groups is 4. The van der Waals surface area contributed by atoms with Gasteiger partial charge in [-0.15, -0.1) is 0 Å². The molecule has 5 amide bonds. The molecule has 0 spiro atoms. The van der Waals surface area contributed by atoms with Crippen LogP contribution in [0.2, 0.25) is 0 Å². The van der Waals surface area contributed by atoms with Gasteiger partial charge in [-0.05, 0) is 37.5 Å². The van der Waals surface area contributed by atoms with Crippen LogP contribution in [0.4, 0.5) is 10.5 Å². The van der Waals surface area contributed by atoms with Crippen molar-refractivity contribution < 1.29 is 19.2 Å². The quantitative estimate of drug-likeness (QED) is 0.568. The lowest BCUT2D eigenvalue weighted by Crippen LogP contribution is -2.30. The number of rotatable bonds is 6. The van der Waals surface area contributed by atoms with E-state index in [0.717, 1.165) is 12.8 Å². The molecule has 0 aromatic heterocycles. The summed E-state index contributed by atoms with van der Waals surface area (Å²) in [5.74, 6) is -0.866. The lowest BCUT2D eigenvalue weighted by atomic mass is 10.1. The Bertz CT molecular complexity index is 699. The van der Waals surface area contributed by atoms with Crippen LogP contribution in [0.25, 0.3) is 0 Å². The van der Waals surface area contributed by atoms with Crippen molar-refractivity contribution in [2.45, 2.75) is 37.8 Å². The second-order valence-corrected chi connectivity index (χ2v) is 5.93. The van der Waals surface area contributed by atoms with E-state index in [4.69, 9.17) is 0 Å². The van der Waals surface area contributed by atoms with E-state index < -0.39 is 18.0 Å². The summed E-state index contributed by atoms with van der Waals surface area (Å²) in [6.45, 7) is 0. The number of urea groups is 1. The van der Waals surface area contributed by atoms with Crippen molar-refractivity contribution >= 4 is 29.4 Å². The summed E-state index contributed by atoms with van der Waals surface area (Å²) in [5.41, 5.74) is 1.01. The summed E-state index contributed by atoms with van der Waals surface area (Å²) in [5, 5.41) is 10.1. The zero-order valence-electron chi connectivity index (χ0n) is 12.9. The number of nitrogens with one attached hydrogen (secondary N) is 4. The number of amides is 5. The maximum Gasteiger partial charge on any atom is 0.322 e. The summed E-state index contributed by atoms with van der Waals surface area (Å²) in [4.78, 5) is 46.4. The maximum absolute atomic E-state index is 12.0. The van der Waals surface area contributed by atoms with Crippen LogP contribution in [0, 0.1) is 0 Å². The smallest absolute Gasteiger partial charge is 0.322 e. The third-order valence-corrected chi connectivity index (χ3v) is 3.84. The van der Waals surface area contributed by atoms with Crippen LogP contribution >= 0.6 is 0 Å². The molecule has 1 heterocycles. The van der Waals surface area contributed by atoms with Crippen LogP contribution in [0.5, 0.6) is 0 Å². The molecule has 0 radical (unpaired) electrons. The van der Waals surface area contributed by atoms with Crippen molar-refractivity contribution in [1.29, 1.82) is 0 Å². The highest BCUT2D eigenvalue weighted by atomic mass is 16.2. The van der Waals surface area contributed by atoms with Gasteiger partial charge in [0.2, 0.25) is 5.91 Å². The number of carbonyl (C=O) groups excluding carboxylic acids is 4. The number of imide groups is 1. The van der Waals surface area contributed by atoms with Crippen molar-refractivity contribution in [2.75, 3.05) is 5.32 Å². The van der Waals surface area contributed by atoms with Gasteiger partial charge in [-0.2, -0.15) is 0 Å². The van der Waals surface area contributed by atoms with Gasteiger partial charge in [-0.3, -0.25) is 19.7 Å². The zero-order chi connectivity index (χ0) is 17.1. The van der Waals surface area contributed by atoms with E-state index in [-0.39, 0.29) is 30.7 Å². The average Bonchev–Trinajstić information content (AvgIpc) is 3.29. The Kier molecular flexibility index (Phi) is 4.45. The Balaban J connectivity index is 1.51. The molecule has 0 bridgehead atoms. The van der Waals surface area contributed by atoms with Gasteiger partial charge in [0.05, 0.1) is 0 Å². The molecule has 4 N–H and O–H groups in total. The first-order chi connectivity index (χ1) is 11.5. The van der Waals surface area contributed by atoms with Gasteiger partial charge in [0.1, 0.15) is 6.04 Å². The molecule has 3 rings (SSSR count). The average molecular weight is 330 g/mol. The lowest BCUT2D eigenvalue weighted by Gasteiger charge is -2.09. The second-order valence-electron chi connectivity index (χ2n) is 5.93. The molecule has 1 saturated heterocycles. The highest BCUT2D eigenvalue weighted by Crippen LogP contribution is 2.20. The van der Waals surface area contributed by atoms with Crippen molar-refractivity contribution in [3.05, 3.63) is 29.8 Å². The van der Waals surface area contributed by atoms with E-state index in [0.29, 0.717) is 11.3 Å². The van der Waals surface area contributed by atoms with Crippen LogP contribution in [-0.2, 0) is 9.59 Å². The predicted molar refractivity (Wildman–Crippen MR) is 85.3 cm³/mol. The van der Waals surface area contributed by atoms with Gasteiger partial charge in [0.25, 0.3) is 11.8 Å². The molecule has 24 heavy (non-hydrogen) atoms. The number of benzene rings is 1. The molecule has 1 atom stereocenters. The normalized spacial score (nSPS) is 19.4. The van der Waals surface area contributed by atoms with E-state index >= 15 is 0 Å². The summed E-state index contributed by atoms with van der Waals surface area (Å²) in [6.07, 6.45) is 2.31. The molecule has 1 saturated carbocycles. The first-order valence-electron chi connectivity index (χ1n) is 7.83. The van der Waals surface area contributed by atoms with Crippen LogP contribution in [0.15, 0.2) is 24.3 Å². The van der Waals surface area contributed by atoms with Gasteiger partial charge in [-0.25, -0.2) is 4.79 Å². The molecule has 8 heteroatoms. The van der Waals surface area contributed by atoms with E-state index in [1.54, 1.807) is 24.3 Å². The van der Waals surface area contributed by atoms with E-state index in [1.165, 1.54) is 0 Å². The maximum atomic E-state index is 12.0. The Hall–Kier alpha value is -2.90. The van der Waals surface area contributed by atoms with Gasteiger partial charge < -0.3 is 16.0 Å². The molecule has 2 aliphatic rings. The summed E-state index contributed by atoms with van der Waals surface area (Å²) in [7, 11) is 0. The molecular formula is C16H18N4O4. The number of hydrogen-bond donors (Lipinski definition) is 4. The second kappa shape index (κ2) is 6.69. The minimum Gasteiger partial charge on any atom is -0.349 e. The molecule has 2 fully saturated rings. The summed E-state index contributed by atoms with van der Waals surface area (Å²) in [6, 6.07) is 5.73. The largest absolute Gasteiger partial charge is 0.349 e. The van der Waals surface area contributed by atoms with Crippen LogP contribution < -0.4 is 21.3 Å². The number of hydrogen-bond acceptors (Lipinski definition) is 4. The van der Waals surface area contributed by atoms with Crippen molar-refractivity contribution in [3.63, 3.8) is 0 Å². The van der Waals surface area contributed by atoms with Crippen molar-refractivity contribution in [1.82, 2.24) is 16.0 Å². The monoisotopic (exact) mass is 330 g/mol. The Labute approximate surface area is 138 Å². The van der Waals surface area contributed by atoms with Gasteiger partial charge in [-0.1, -0.05) is 6.07 Å². The molecule has 8 nitrogen and oxygen atoms in total. The minimum atomic E-state index is -0.682. The summed E-state index contributed by atoms with van der Waals surface area (Å²) < 4.78 is 0. The fourth-order valence-electron chi connectivity index (χ4n) is 2.40. The molecule has 1 aliphatic carbocycles. The molecule has 1 aromatic carbocycles. The Morgan fingerprint density at radius 1 is 1.21 bits per heavy atom. The molecule has 0 unspecified atom stereocenters.